The van der Waals surface area contributed by atoms with Gasteiger partial charge in [-0.3, -0.25) is 9.59 Å². The smallest absolute Gasteiger partial charge is 0.313 e. The molecule has 148 valence electrons. The highest BCUT2D eigenvalue weighted by Gasteiger charge is 2.21. The number of morpholine rings is 1. The van der Waals surface area contributed by atoms with Crippen LogP contribution in [0.5, 0.6) is 0 Å². The van der Waals surface area contributed by atoms with Crippen molar-refractivity contribution >= 4 is 23.3 Å². The van der Waals surface area contributed by atoms with E-state index in [4.69, 9.17) is 9.47 Å². The maximum Gasteiger partial charge on any atom is 0.313 e. The Morgan fingerprint density at radius 2 is 1.75 bits per heavy atom. The number of ether oxygens (including phenoxy) is 2. The third kappa shape index (κ3) is 5.33. The van der Waals surface area contributed by atoms with E-state index < -0.39 is 0 Å². The lowest BCUT2D eigenvalue weighted by molar-refractivity contribution is -0.149. The molecule has 0 saturated carbocycles. The monoisotopic (exact) mass is 382 g/mol. The summed E-state index contributed by atoms with van der Waals surface area (Å²) in [4.78, 5) is 26.7. The first kappa shape index (κ1) is 19.9. The van der Waals surface area contributed by atoms with Gasteiger partial charge >= 0.3 is 5.97 Å². The van der Waals surface area contributed by atoms with Crippen LogP contribution in [0.15, 0.2) is 54.6 Å². The van der Waals surface area contributed by atoms with Gasteiger partial charge in [0.15, 0.2) is 6.61 Å². The number of rotatable bonds is 7. The number of nitrogens with one attached hydrogen (secondary N) is 1. The quantitative estimate of drug-likeness (QED) is 0.745. The summed E-state index contributed by atoms with van der Waals surface area (Å²) >= 11 is 0. The van der Waals surface area contributed by atoms with Gasteiger partial charge in [0.25, 0.3) is 5.91 Å². The van der Waals surface area contributed by atoms with Gasteiger partial charge in [0, 0.05) is 24.5 Å². The molecule has 1 aliphatic rings. The molecule has 1 heterocycles. The molecule has 28 heavy (non-hydrogen) atoms. The molecule has 2 aromatic rings. The summed E-state index contributed by atoms with van der Waals surface area (Å²) in [5, 5.41) is 2.76. The lowest BCUT2D eigenvalue weighted by Crippen LogP contribution is -2.36. The summed E-state index contributed by atoms with van der Waals surface area (Å²) < 4.78 is 10.6. The Kier molecular flexibility index (Phi) is 7.03. The molecule has 1 saturated heterocycles. The molecule has 6 heteroatoms. The highest BCUT2D eigenvalue weighted by Crippen LogP contribution is 2.21. The molecule has 1 amide bonds. The summed E-state index contributed by atoms with van der Waals surface area (Å²) in [6.07, 6.45) is 0.619. The van der Waals surface area contributed by atoms with Gasteiger partial charge in [0.1, 0.15) is 0 Å². The minimum absolute atomic E-state index is 0.298. The molecule has 0 aliphatic carbocycles. The average Bonchev–Trinajstić information content (AvgIpc) is 2.75. The number of esters is 1. The van der Waals surface area contributed by atoms with Crippen molar-refractivity contribution in [3.63, 3.8) is 0 Å². The summed E-state index contributed by atoms with van der Waals surface area (Å²) in [5.74, 6) is -1.09. The lowest BCUT2D eigenvalue weighted by Gasteiger charge is -2.28. The fraction of sp³-hybridized carbons (Fsp3) is 0.364. The highest BCUT2D eigenvalue weighted by atomic mass is 16.5. The molecule has 0 bridgehead atoms. The van der Waals surface area contributed by atoms with Crippen molar-refractivity contribution in [3.8, 4) is 0 Å². The molecule has 1 atom stereocenters. The summed E-state index contributed by atoms with van der Waals surface area (Å²) in [5.41, 5.74) is 2.67. The van der Waals surface area contributed by atoms with E-state index in [0.717, 1.165) is 37.6 Å². The second-order valence-corrected chi connectivity index (χ2v) is 6.67. The molecule has 0 unspecified atom stereocenters. The Labute approximate surface area is 165 Å². The van der Waals surface area contributed by atoms with Crippen molar-refractivity contribution in [2.24, 2.45) is 0 Å². The van der Waals surface area contributed by atoms with E-state index in [1.54, 1.807) is 0 Å². The third-order valence-corrected chi connectivity index (χ3v) is 4.77. The van der Waals surface area contributed by atoms with E-state index in [2.05, 4.69) is 10.2 Å². The number of carbonyl (C=O) groups excluding carboxylic acids is 2. The molecule has 6 nitrogen and oxygen atoms in total. The van der Waals surface area contributed by atoms with Crippen molar-refractivity contribution in [1.29, 1.82) is 0 Å². The predicted molar refractivity (Wildman–Crippen MR) is 109 cm³/mol. The van der Waals surface area contributed by atoms with Crippen LogP contribution in [-0.4, -0.2) is 44.8 Å². The molecule has 0 spiro atoms. The van der Waals surface area contributed by atoms with Crippen LogP contribution in [0.4, 0.5) is 11.4 Å². The standard InChI is InChI=1S/C22H26N2O4/c1-2-20(17-6-4-3-5-7-17)22(26)28-16-21(25)23-18-8-10-19(11-9-18)24-12-14-27-15-13-24/h3-11,20H,2,12-16H2,1H3,(H,23,25)/t20-/m0/s1. The van der Waals surface area contributed by atoms with Crippen LogP contribution in [0.1, 0.15) is 24.8 Å². The van der Waals surface area contributed by atoms with Gasteiger partial charge in [-0.05, 0) is 36.2 Å². The summed E-state index contributed by atoms with van der Waals surface area (Å²) in [6, 6.07) is 17.1. The molecular weight excluding hydrogens is 356 g/mol. The van der Waals surface area contributed by atoms with Crippen LogP contribution in [0.25, 0.3) is 0 Å². The van der Waals surface area contributed by atoms with Gasteiger partial charge in [-0.15, -0.1) is 0 Å². The predicted octanol–water partition coefficient (Wildman–Crippen LogP) is 3.20. The van der Waals surface area contributed by atoms with E-state index in [1.165, 1.54) is 0 Å². The second-order valence-electron chi connectivity index (χ2n) is 6.67. The zero-order valence-electron chi connectivity index (χ0n) is 16.1. The van der Waals surface area contributed by atoms with E-state index in [-0.39, 0.29) is 24.4 Å². The first-order valence-corrected chi connectivity index (χ1v) is 9.61. The lowest BCUT2D eigenvalue weighted by atomic mass is 9.97. The van der Waals surface area contributed by atoms with Crippen LogP contribution >= 0.6 is 0 Å². The van der Waals surface area contributed by atoms with Gasteiger partial charge in [-0.2, -0.15) is 0 Å². The normalized spacial score (nSPS) is 15.0. The minimum Gasteiger partial charge on any atom is -0.455 e. The van der Waals surface area contributed by atoms with Crippen molar-refractivity contribution in [2.75, 3.05) is 43.1 Å². The number of anilines is 2. The van der Waals surface area contributed by atoms with Crippen molar-refractivity contribution < 1.29 is 19.1 Å². The average molecular weight is 382 g/mol. The minimum atomic E-state index is -0.383. The molecule has 1 N–H and O–H groups in total. The van der Waals surface area contributed by atoms with Gasteiger partial charge in [-0.1, -0.05) is 37.3 Å². The molecular formula is C22H26N2O4. The van der Waals surface area contributed by atoms with Crippen LogP contribution in [0, 0.1) is 0 Å². The van der Waals surface area contributed by atoms with Crippen LogP contribution in [0.3, 0.4) is 0 Å². The second kappa shape index (κ2) is 9.90. The third-order valence-electron chi connectivity index (χ3n) is 4.77. The van der Waals surface area contributed by atoms with Crippen LogP contribution in [0.2, 0.25) is 0 Å². The first-order valence-electron chi connectivity index (χ1n) is 9.61. The van der Waals surface area contributed by atoms with Crippen LogP contribution < -0.4 is 10.2 Å². The Morgan fingerprint density at radius 3 is 2.39 bits per heavy atom. The number of nitrogens with zero attached hydrogens (tertiary/aromatic N) is 1. The van der Waals surface area contributed by atoms with Gasteiger partial charge in [0.05, 0.1) is 19.1 Å². The van der Waals surface area contributed by atoms with E-state index in [1.807, 2.05) is 61.5 Å². The van der Waals surface area contributed by atoms with E-state index in [0.29, 0.717) is 12.1 Å². The van der Waals surface area contributed by atoms with Gasteiger partial charge in [0.2, 0.25) is 0 Å². The maximum atomic E-state index is 12.3. The Balaban J connectivity index is 1.49. The zero-order valence-corrected chi connectivity index (χ0v) is 16.1. The number of amides is 1. The molecule has 1 fully saturated rings. The molecule has 0 radical (unpaired) electrons. The number of carbonyl (C=O) groups is 2. The highest BCUT2D eigenvalue weighted by molar-refractivity contribution is 5.93. The largest absolute Gasteiger partial charge is 0.455 e. The van der Waals surface area contributed by atoms with Gasteiger partial charge in [-0.25, -0.2) is 0 Å². The SMILES string of the molecule is CC[C@H](C(=O)OCC(=O)Nc1ccc(N2CCOCC2)cc1)c1ccccc1. The Bertz CT molecular complexity index is 771. The summed E-state index contributed by atoms with van der Waals surface area (Å²) in [7, 11) is 0. The van der Waals surface area contributed by atoms with Crippen molar-refractivity contribution in [3.05, 3.63) is 60.2 Å². The Hall–Kier alpha value is -2.86. The molecule has 2 aromatic carbocycles. The van der Waals surface area contributed by atoms with Crippen molar-refractivity contribution in [1.82, 2.24) is 0 Å². The number of hydrogen-bond donors (Lipinski definition) is 1. The van der Waals surface area contributed by atoms with Crippen molar-refractivity contribution in [2.45, 2.75) is 19.3 Å². The van der Waals surface area contributed by atoms with Gasteiger partial charge < -0.3 is 19.7 Å². The fourth-order valence-corrected chi connectivity index (χ4v) is 3.24. The fourth-order valence-electron chi connectivity index (χ4n) is 3.24. The van der Waals surface area contributed by atoms with E-state index >= 15 is 0 Å². The first-order chi connectivity index (χ1) is 13.7. The summed E-state index contributed by atoms with van der Waals surface area (Å²) in [6.45, 7) is 4.81. The number of benzene rings is 2. The molecule has 0 aromatic heterocycles. The number of hydrogen-bond acceptors (Lipinski definition) is 5. The molecule has 1 aliphatic heterocycles. The van der Waals surface area contributed by atoms with Crippen LogP contribution in [-0.2, 0) is 19.1 Å². The zero-order chi connectivity index (χ0) is 19.8. The maximum absolute atomic E-state index is 12.3. The van der Waals surface area contributed by atoms with E-state index in [9.17, 15) is 9.59 Å². The topological polar surface area (TPSA) is 67.9 Å². The molecule has 3 rings (SSSR count). The Morgan fingerprint density at radius 1 is 1.07 bits per heavy atom.